The number of aromatic nitrogens is 1. The molecule has 0 saturated heterocycles. The topological polar surface area (TPSA) is 63.0 Å². The lowest BCUT2D eigenvalue weighted by Gasteiger charge is -2.03. The number of nitrogens with zero attached hydrogens (tertiary/aromatic N) is 1. The maximum atomic E-state index is 5.10. The van der Waals surface area contributed by atoms with Crippen molar-refractivity contribution in [1.82, 2.24) is 10.4 Å². The second-order valence-corrected chi connectivity index (χ2v) is 3.16. The summed E-state index contributed by atoms with van der Waals surface area (Å²) in [5.41, 5.74) is 2.55. The molecule has 0 aliphatic heterocycles. The molecule has 0 aromatic carbocycles. The number of hydrazine groups is 1. The lowest BCUT2D eigenvalue weighted by atomic mass is 10.4. The van der Waals surface area contributed by atoms with Crippen molar-refractivity contribution in [2.24, 2.45) is 5.84 Å². The fourth-order valence-electron chi connectivity index (χ4n) is 0.743. The summed E-state index contributed by atoms with van der Waals surface area (Å²) in [5, 5.41) is 3.10. The van der Waals surface area contributed by atoms with Gasteiger partial charge < -0.3 is 5.32 Å². The third-order valence-corrected chi connectivity index (χ3v) is 1.77. The fraction of sp³-hybridized carbons (Fsp3) is 0.286. The highest BCUT2D eigenvalue weighted by molar-refractivity contribution is 9.10. The van der Waals surface area contributed by atoms with Gasteiger partial charge in [0, 0.05) is 23.8 Å². The minimum absolute atomic E-state index is 0.720. The molecule has 66 valence electrons. The summed E-state index contributed by atoms with van der Waals surface area (Å²) in [7, 11) is 0. The number of rotatable bonds is 4. The van der Waals surface area contributed by atoms with Gasteiger partial charge in [-0.2, -0.15) is 0 Å². The SMILES string of the molecule is NNCCNc1ccc(Br)cn1. The van der Waals surface area contributed by atoms with Gasteiger partial charge in [-0.3, -0.25) is 11.3 Å². The van der Waals surface area contributed by atoms with E-state index in [4.69, 9.17) is 5.84 Å². The van der Waals surface area contributed by atoms with E-state index >= 15 is 0 Å². The summed E-state index contributed by atoms with van der Waals surface area (Å²) in [6, 6.07) is 3.84. The van der Waals surface area contributed by atoms with Crippen LogP contribution in [0.4, 0.5) is 5.82 Å². The first kappa shape index (κ1) is 9.44. The summed E-state index contributed by atoms with van der Waals surface area (Å²) in [4.78, 5) is 4.12. The molecular formula is C7H11BrN4. The molecule has 1 aromatic rings. The van der Waals surface area contributed by atoms with Gasteiger partial charge in [-0.1, -0.05) is 0 Å². The highest BCUT2D eigenvalue weighted by atomic mass is 79.9. The molecule has 0 spiro atoms. The summed E-state index contributed by atoms with van der Waals surface area (Å²) < 4.78 is 0.977. The van der Waals surface area contributed by atoms with Crippen LogP contribution in [0.1, 0.15) is 0 Å². The molecule has 0 aliphatic rings. The van der Waals surface area contributed by atoms with Gasteiger partial charge in [-0.15, -0.1) is 0 Å². The zero-order valence-corrected chi connectivity index (χ0v) is 8.13. The van der Waals surface area contributed by atoms with E-state index in [-0.39, 0.29) is 0 Å². The fourth-order valence-corrected chi connectivity index (χ4v) is 0.978. The number of halogens is 1. The van der Waals surface area contributed by atoms with E-state index < -0.39 is 0 Å². The predicted molar refractivity (Wildman–Crippen MR) is 52.6 cm³/mol. The number of hydrogen-bond acceptors (Lipinski definition) is 4. The van der Waals surface area contributed by atoms with Crippen LogP contribution in [0.15, 0.2) is 22.8 Å². The van der Waals surface area contributed by atoms with Crippen LogP contribution in [-0.2, 0) is 0 Å². The Bertz CT molecular complexity index is 223. The molecular weight excluding hydrogens is 220 g/mol. The van der Waals surface area contributed by atoms with E-state index in [0.717, 1.165) is 23.4 Å². The van der Waals surface area contributed by atoms with Crippen LogP contribution in [0.5, 0.6) is 0 Å². The minimum Gasteiger partial charge on any atom is -0.369 e. The van der Waals surface area contributed by atoms with Gasteiger partial charge in [0.15, 0.2) is 0 Å². The molecule has 0 unspecified atom stereocenters. The van der Waals surface area contributed by atoms with Gasteiger partial charge in [-0.05, 0) is 28.1 Å². The monoisotopic (exact) mass is 230 g/mol. The Morgan fingerprint density at radius 2 is 2.25 bits per heavy atom. The molecule has 0 amide bonds. The Hall–Kier alpha value is -0.650. The molecule has 0 fully saturated rings. The van der Waals surface area contributed by atoms with Gasteiger partial charge in [-0.25, -0.2) is 4.98 Å². The summed E-state index contributed by atoms with van der Waals surface area (Å²) in [5.74, 6) is 5.95. The van der Waals surface area contributed by atoms with Gasteiger partial charge in [0.2, 0.25) is 0 Å². The van der Waals surface area contributed by atoms with Crippen LogP contribution in [0.3, 0.4) is 0 Å². The van der Waals surface area contributed by atoms with E-state index in [0.29, 0.717) is 0 Å². The summed E-state index contributed by atoms with van der Waals surface area (Å²) in [6.07, 6.45) is 1.75. The number of nitrogens with one attached hydrogen (secondary N) is 2. The number of hydrogen-bond donors (Lipinski definition) is 3. The Balaban J connectivity index is 2.37. The minimum atomic E-state index is 0.720. The zero-order chi connectivity index (χ0) is 8.81. The average molecular weight is 231 g/mol. The van der Waals surface area contributed by atoms with Crippen LogP contribution >= 0.6 is 15.9 Å². The zero-order valence-electron chi connectivity index (χ0n) is 6.55. The van der Waals surface area contributed by atoms with Crippen molar-refractivity contribution >= 4 is 21.7 Å². The van der Waals surface area contributed by atoms with Gasteiger partial charge in [0.1, 0.15) is 5.82 Å². The van der Waals surface area contributed by atoms with E-state index in [1.165, 1.54) is 0 Å². The summed E-state index contributed by atoms with van der Waals surface area (Å²) in [6.45, 7) is 1.49. The first-order chi connectivity index (χ1) is 5.83. The van der Waals surface area contributed by atoms with Crippen molar-refractivity contribution in [3.05, 3.63) is 22.8 Å². The van der Waals surface area contributed by atoms with Crippen molar-refractivity contribution in [2.45, 2.75) is 0 Å². The van der Waals surface area contributed by atoms with E-state index in [9.17, 15) is 0 Å². The molecule has 0 aliphatic carbocycles. The van der Waals surface area contributed by atoms with E-state index in [2.05, 4.69) is 31.7 Å². The molecule has 1 heterocycles. The second kappa shape index (κ2) is 5.08. The molecule has 12 heavy (non-hydrogen) atoms. The predicted octanol–water partition coefficient (Wildman–Crippen LogP) is 0.719. The van der Waals surface area contributed by atoms with Crippen LogP contribution in [-0.4, -0.2) is 18.1 Å². The molecule has 0 radical (unpaired) electrons. The van der Waals surface area contributed by atoms with Crippen molar-refractivity contribution in [2.75, 3.05) is 18.4 Å². The smallest absolute Gasteiger partial charge is 0.126 e. The quantitative estimate of drug-likeness (QED) is 0.406. The van der Waals surface area contributed by atoms with E-state index in [1.807, 2.05) is 12.1 Å². The molecule has 4 N–H and O–H groups in total. The molecule has 1 aromatic heterocycles. The van der Waals surface area contributed by atoms with Gasteiger partial charge in [0.05, 0.1) is 0 Å². The lowest BCUT2D eigenvalue weighted by molar-refractivity contribution is 0.752. The average Bonchev–Trinajstić information content (AvgIpc) is 2.09. The largest absolute Gasteiger partial charge is 0.369 e. The lowest BCUT2D eigenvalue weighted by Crippen LogP contribution is -2.28. The Morgan fingerprint density at radius 1 is 1.42 bits per heavy atom. The Morgan fingerprint density at radius 3 is 2.83 bits per heavy atom. The highest BCUT2D eigenvalue weighted by Crippen LogP contribution is 2.09. The number of anilines is 1. The first-order valence-corrected chi connectivity index (χ1v) is 4.41. The molecule has 0 saturated carbocycles. The summed E-state index contributed by atoms with van der Waals surface area (Å²) >= 11 is 3.30. The molecule has 4 nitrogen and oxygen atoms in total. The van der Waals surface area contributed by atoms with Gasteiger partial charge in [0.25, 0.3) is 0 Å². The normalized spacial score (nSPS) is 9.83. The van der Waals surface area contributed by atoms with Crippen LogP contribution < -0.4 is 16.6 Å². The maximum absolute atomic E-state index is 5.10. The third-order valence-electron chi connectivity index (χ3n) is 1.30. The second-order valence-electron chi connectivity index (χ2n) is 2.24. The van der Waals surface area contributed by atoms with Crippen molar-refractivity contribution in [1.29, 1.82) is 0 Å². The molecule has 0 bridgehead atoms. The third kappa shape index (κ3) is 3.17. The van der Waals surface area contributed by atoms with Crippen molar-refractivity contribution < 1.29 is 0 Å². The Kier molecular flexibility index (Phi) is 3.99. The van der Waals surface area contributed by atoms with Crippen LogP contribution in [0.25, 0.3) is 0 Å². The van der Waals surface area contributed by atoms with Crippen molar-refractivity contribution in [3.8, 4) is 0 Å². The molecule has 1 rings (SSSR count). The molecule has 0 atom stereocenters. The highest BCUT2D eigenvalue weighted by Gasteiger charge is 1.91. The number of pyridine rings is 1. The van der Waals surface area contributed by atoms with E-state index in [1.54, 1.807) is 6.20 Å². The maximum Gasteiger partial charge on any atom is 0.126 e. The van der Waals surface area contributed by atoms with Crippen LogP contribution in [0.2, 0.25) is 0 Å². The van der Waals surface area contributed by atoms with Gasteiger partial charge >= 0.3 is 0 Å². The Labute approximate surface area is 79.7 Å². The number of nitrogens with two attached hydrogens (primary N) is 1. The standard InChI is InChI=1S/C7H11BrN4/c8-6-1-2-7(11-5-6)10-3-4-12-9/h1-2,5,12H,3-4,9H2,(H,10,11). The van der Waals surface area contributed by atoms with Crippen molar-refractivity contribution in [3.63, 3.8) is 0 Å². The van der Waals surface area contributed by atoms with Crippen LogP contribution in [0, 0.1) is 0 Å². The molecule has 5 heteroatoms. The first-order valence-electron chi connectivity index (χ1n) is 3.62.